The minimum Gasteiger partial charge on any atom is -0.354 e. The first-order valence-electron chi connectivity index (χ1n) is 11.1. The van der Waals surface area contributed by atoms with Gasteiger partial charge < -0.3 is 26.2 Å². The predicted molar refractivity (Wildman–Crippen MR) is 140 cm³/mol. The highest BCUT2D eigenvalue weighted by Gasteiger charge is 2.32. The summed E-state index contributed by atoms with van der Waals surface area (Å²) in [6.07, 6.45) is -3.45. The number of halogens is 5. The van der Waals surface area contributed by atoms with E-state index in [0.717, 1.165) is 31.6 Å². The summed E-state index contributed by atoms with van der Waals surface area (Å²) in [5.41, 5.74) is 0.626. The first-order valence-corrected chi connectivity index (χ1v) is 12.8. The van der Waals surface area contributed by atoms with Crippen molar-refractivity contribution in [2.24, 2.45) is 0 Å². The second-order valence-electron chi connectivity index (χ2n) is 8.36. The van der Waals surface area contributed by atoms with Gasteiger partial charge in [0.25, 0.3) is 0 Å². The van der Waals surface area contributed by atoms with Gasteiger partial charge in [-0.2, -0.15) is 18.2 Å². The Labute approximate surface area is 220 Å². The molecule has 0 radical (unpaired) electrons. The number of nitrogens with zero attached hydrogens (tertiary/aromatic N) is 3. The second-order valence-corrected chi connectivity index (χ2v) is 10.3. The van der Waals surface area contributed by atoms with Crippen molar-refractivity contribution in [3.63, 3.8) is 0 Å². The van der Waals surface area contributed by atoms with Crippen LogP contribution < -0.4 is 26.2 Å². The predicted octanol–water partition coefficient (Wildman–Crippen LogP) is 6.26. The number of anilines is 5. The zero-order chi connectivity index (χ0) is 25.4. The van der Waals surface area contributed by atoms with Gasteiger partial charge >= 0.3 is 6.18 Å². The van der Waals surface area contributed by atoms with E-state index >= 15 is 0 Å². The van der Waals surface area contributed by atoms with Crippen molar-refractivity contribution < 1.29 is 13.2 Å². The van der Waals surface area contributed by atoms with Crippen LogP contribution >= 0.6 is 35.0 Å². The quantitative estimate of drug-likeness (QED) is 0.265. The lowest BCUT2D eigenvalue weighted by atomic mass is 10.2. The van der Waals surface area contributed by atoms with Gasteiger partial charge in [0.15, 0.2) is 11.3 Å². The monoisotopic (exact) mass is 555 g/mol. The first kappa shape index (κ1) is 25.1. The molecule has 0 saturated carbocycles. The summed E-state index contributed by atoms with van der Waals surface area (Å²) in [4.78, 5) is 11.6. The van der Waals surface area contributed by atoms with Gasteiger partial charge in [0, 0.05) is 24.8 Å². The number of hydrogen-bond acceptors (Lipinski definition) is 8. The number of thioether (sulfide) groups is 1. The number of fused-ring (bicyclic) bond motifs is 1. The third kappa shape index (κ3) is 5.24. The lowest BCUT2D eigenvalue weighted by Gasteiger charge is -2.19. The fraction of sp³-hybridized carbons (Fsp3) is 0.304. The van der Waals surface area contributed by atoms with Gasteiger partial charge in [-0.25, -0.2) is 4.98 Å². The van der Waals surface area contributed by atoms with Crippen molar-refractivity contribution >= 4 is 63.8 Å². The van der Waals surface area contributed by atoms with Crippen LogP contribution in [0.3, 0.4) is 0 Å². The third-order valence-corrected chi connectivity index (χ3v) is 7.58. The second kappa shape index (κ2) is 10.0. The average Bonchev–Trinajstić information content (AvgIpc) is 3.48. The van der Waals surface area contributed by atoms with Crippen LogP contribution in [0.25, 0.3) is 0 Å². The Morgan fingerprint density at radius 1 is 1.08 bits per heavy atom. The number of nitrogens with one attached hydrogen (secondary N) is 4. The normalized spacial score (nSPS) is 19.2. The van der Waals surface area contributed by atoms with Crippen molar-refractivity contribution in [1.82, 2.24) is 15.3 Å². The lowest BCUT2D eigenvalue weighted by molar-refractivity contribution is -0.137. The van der Waals surface area contributed by atoms with Gasteiger partial charge in [0.05, 0.1) is 21.3 Å². The maximum Gasteiger partial charge on any atom is 0.416 e. The van der Waals surface area contributed by atoms with E-state index in [1.165, 1.54) is 23.9 Å². The molecule has 1 saturated heterocycles. The van der Waals surface area contributed by atoms with Crippen molar-refractivity contribution in [3.8, 4) is 0 Å². The molecule has 5 rings (SSSR count). The van der Waals surface area contributed by atoms with Crippen molar-refractivity contribution in [2.75, 3.05) is 41.0 Å². The van der Waals surface area contributed by atoms with Crippen LogP contribution in [-0.2, 0) is 6.18 Å². The summed E-state index contributed by atoms with van der Waals surface area (Å²) in [6.45, 7) is 1.54. The summed E-state index contributed by atoms with van der Waals surface area (Å²) < 4.78 is 39.0. The topological polar surface area (TPSA) is 77.1 Å². The Morgan fingerprint density at radius 2 is 1.81 bits per heavy atom. The molecule has 1 fully saturated rings. The molecule has 2 aliphatic heterocycles. The van der Waals surface area contributed by atoms with Gasteiger partial charge in [-0.3, -0.25) is 0 Å². The number of para-hydroxylation sites is 1. The lowest BCUT2D eigenvalue weighted by Crippen LogP contribution is -2.30. The molecule has 36 heavy (non-hydrogen) atoms. The zero-order valence-electron chi connectivity index (χ0n) is 19.0. The average molecular weight is 556 g/mol. The number of likely N-dealkylation sites (N-methyl/N-ethyl adjacent to an activating group) is 1. The van der Waals surface area contributed by atoms with E-state index in [-0.39, 0.29) is 5.50 Å². The maximum absolute atomic E-state index is 13.0. The van der Waals surface area contributed by atoms with E-state index in [2.05, 4.69) is 26.2 Å². The van der Waals surface area contributed by atoms with Gasteiger partial charge in [-0.15, -0.1) is 0 Å². The standard InChI is InChI=1S/C23H22Cl2F3N7S/c1-29-14-9-10-35(11-14)21-33-19(30-13-7-5-12(6-8-13)23(26,27)28)18-20(34-21)36-22(32-18)31-17-15(24)3-2-4-16(17)25/h2-8,14,22,29,31-32H,9-11H2,1H3,(H,30,33,34)/t14-,22?/m1/s1. The Bertz CT molecular complexity index is 1240. The van der Waals surface area contributed by atoms with Crippen molar-refractivity contribution in [3.05, 3.63) is 58.1 Å². The molecule has 13 heteroatoms. The molecule has 190 valence electrons. The molecule has 2 aromatic carbocycles. The van der Waals surface area contributed by atoms with E-state index < -0.39 is 11.7 Å². The molecule has 2 atom stereocenters. The molecule has 1 aromatic heterocycles. The van der Waals surface area contributed by atoms with Crippen LogP contribution in [0.5, 0.6) is 0 Å². The molecule has 0 aliphatic carbocycles. The van der Waals surface area contributed by atoms with Crippen LogP contribution in [0, 0.1) is 0 Å². The molecule has 3 heterocycles. The SMILES string of the molecule is CN[C@@H]1CCN(c2nc(Nc3ccc(C(F)(F)F)cc3)c3c(n2)SC(Nc2c(Cl)cccc2Cl)N3)C1. The highest BCUT2D eigenvalue weighted by molar-refractivity contribution is 8.00. The van der Waals surface area contributed by atoms with Crippen LogP contribution in [-0.4, -0.2) is 41.6 Å². The molecule has 4 N–H and O–H groups in total. The number of benzene rings is 2. The molecule has 0 amide bonds. The largest absolute Gasteiger partial charge is 0.416 e. The summed E-state index contributed by atoms with van der Waals surface area (Å²) in [7, 11) is 1.92. The minimum absolute atomic E-state index is 0.329. The van der Waals surface area contributed by atoms with Gasteiger partial charge in [-0.1, -0.05) is 41.0 Å². The van der Waals surface area contributed by atoms with Crippen LogP contribution in [0.2, 0.25) is 10.0 Å². The number of hydrogen-bond donors (Lipinski definition) is 4. The number of rotatable bonds is 6. The summed E-state index contributed by atoms with van der Waals surface area (Å²) in [6, 6.07) is 10.4. The van der Waals surface area contributed by atoms with E-state index in [1.807, 2.05) is 7.05 Å². The van der Waals surface area contributed by atoms with Crippen molar-refractivity contribution in [2.45, 2.75) is 29.2 Å². The smallest absolute Gasteiger partial charge is 0.354 e. The molecule has 1 unspecified atom stereocenters. The van der Waals surface area contributed by atoms with E-state index in [9.17, 15) is 13.2 Å². The molecule has 0 bridgehead atoms. The summed E-state index contributed by atoms with van der Waals surface area (Å²) >= 11 is 14.1. The zero-order valence-corrected chi connectivity index (χ0v) is 21.3. The van der Waals surface area contributed by atoms with E-state index in [1.54, 1.807) is 18.2 Å². The molecule has 2 aliphatic rings. The highest BCUT2D eigenvalue weighted by atomic mass is 35.5. The maximum atomic E-state index is 13.0. The Balaban J connectivity index is 1.44. The fourth-order valence-corrected chi connectivity index (χ4v) is 5.53. The van der Waals surface area contributed by atoms with Crippen LogP contribution in [0.15, 0.2) is 47.5 Å². The van der Waals surface area contributed by atoms with Crippen LogP contribution in [0.1, 0.15) is 12.0 Å². The Hall–Kier alpha value is -2.60. The number of alkyl halides is 3. The van der Waals surface area contributed by atoms with Gasteiger partial charge in [0.2, 0.25) is 5.95 Å². The fourth-order valence-electron chi connectivity index (χ4n) is 4.04. The summed E-state index contributed by atoms with van der Waals surface area (Å²) in [5, 5.41) is 14.7. The third-order valence-electron chi connectivity index (χ3n) is 5.96. The minimum atomic E-state index is -4.40. The first-order chi connectivity index (χ1) is 17.2. The van der Waals surface area contributed by atoms with Crippen molar-refractivity contribution in [1.29, 1.82) is 0 Å². The van der Waals surface area contributed by atoms with E-state index in [0.29, 0.717) is 49.9 Å². The number of aromatic nitrogens is 2. The molecule has 0 spiro atoms. The molecule has 3 aromatic rings. The molecular formula is C23H22Cl2F3N7S. The molecular weight excluding hydrogens is 534 g/mol. The Kier molecular flexibility index (Phi) is 6.99. The highest BCUT2D eigenvalue weighted by Crippen LogP contribution is 2.44. The van der Waals surface area contributed by atoms with Gasteiger partial charge in [-0.05, 0) is 49.9 Å². The van der Waals surface area contributed by atoms with E-state index in [4.69, 9.17) is 33.2 Å². The summed E-state index contributed by atoms with van der Waals surface area (Å²) in [5.74, 6) is 1.01. The Morgan fingerprint density at radius 3 is 2.44 bits per heavy atom. The van der Waals surface area contributed by atoms with Crippen LogP contribution in [0.4, 0.5) is 42.0 Å². The molecule has 7 nitrogen and oxygen atoms in total. The van der Waals surface area contributed by atoms with Gasteiger partial charge in [0.1, 0.15) is 10.7 Å².